The molecule has 1 atom stereocenters. The molecule has 0 spiro atoms. The molecule has 3 rings (SSSR count). The second-order valence-corrected chi connectivity index (χ2v) is 7.58. The lowest BCUT2D eigenvalue weighted by Gasteiger charge is -2.35. The minimum Gasteiger partial charge on any atom is -0.390 e. The molecule has 27 heavy (non-hydrogen) atoms. The molecule has 0 saturated carbocycles. The highest BCUT2D eigenvalue weighted by Crippen LogP contribution is 2.49. The fourth-order valence-electron chi connectivity index (χ4n) is 3.25. The van der Waals surface area contributed by atoms with Gasteiger partial charge in [-0.15, -0.1) is 0 Å². The number of β-amino-alcohol motifs (C(OH)–C–C–N with tert-alkyl or cyclic N) is 1. The largest absolute Gasteiger partial charge is 0.416 e. The van der Waals surface area contributed by atoms with Crippen LogP contribution in [-0.4, -0.2) is 42.3 Å². The smallest absolute Gasteiger partial charge is 0.390 e. The van der Waals surface area contributed by atoms with Gasteiger partial charge in [0, 0.05) is 16.3 Å². The first-order chi connectivity index (χ1) is 12.8. The van der Waals surface area contributed by atoms with Gasteiger partial charge in [-0.25, -0.2) is 0 Å². The SMILES string of the molecule is CCN(CC)CC(O)CN1c2ccccc2Sc2ccc(C(F)(F)F)cc21. The van der Waals surface area contributed by atoms with E-state index in [2.05, 4.69) is 4.90 Å². The van der Waals surface area contributed by atoms with E-state index in [-0.39, 0.29) is 6.54 Å². The molecule has 1 unspecified atom stereocenters. The second kappa shape index (κ2) is 8.12. The Bertz CT molecular complexity index is 793. The lowest BCUT2D eigenvalue weighted by molar-refractivity contribution is -0.137. The van der Waals surface area contributed by atoms with Crippen LogP contribution in [0.4, 0.5) is 24.5 Å². The molecule has 7 heteroatoms. The molecule has 1 aliphatic heterocycles. The molecule has 0 saturated heterocycles. The molecule has 2 aromatic carbocycles. The average molecular weight is 396 g/mol. The first-order valence-electron chi connectivity index (χ1n) is 8.99. The minimum absolute atomic E-state index is 0.238. The Hall–Kier alpha value is -1.70. The first-order valence-corrected chi connectivity index (χ1v) is 9.81. The highest BCUT2D eigenvalue weighted by atomic mass is 32.2. The summed E-state index contributed by atoms with van der Waals surface area (Å²) in [7, 11) is 0. The maximum absolute atomic E-state index is 13.2. The van der Waals surface area contributed by atoms with Gasteiger partial charge in [0.15, 0.2) is 0 Å². The predicted octanol–water partition coefficient (Wildman–Crippen LogP) is 5.01. The third-order valence-corrected chi connectivity index (χ3v) is 5.84. The number of likely N-dealkylation sites (N-methyl/N-ethyl adjacent to an activating group) is 1. The third kappa shape index (κ3) is 4.42. The minimum atomic E-state index is -4.40. The number of hydrogen-bond acceptors (Lipinski definition) is 4. The Balaban J connectivity index is 1.96. The monoisotopic (exact) mass is 396 g/mol. The predicted molar refractivity (Wildman–Crippen MR) is 103 cm³/mol. The Morgan fingerprint density at radius 2 is 1.70 bits per heavy atom. The molecule has 1 heterocycles. The lowest BCUT2D eigenvalue weighted by Crippen LogP contribution is -2.39. The van der Waals surface area contributed by atoms with Crippen LogP contribution in [0.2, 0.25) is 0 Å². The Labute approximate surface area is 161 Å². The maximum Gasteiger partial charge on any atom is 0.416 e. The van der Waals surface area contributed by atoms with Crippen LogP contribution in [0.1, 0.15) is 19.4 Å². The quantitative estimate of drug-likeness (QED) is 0.743. The third-order valence-electron chi connectivity index (χ3n) is 4.71. The summed E-state index contributed by atoms with van der Waals surface area (Å²) in [6.07, 6.45) is -5.08. The van der Waals surface area contributed by atoms with E-state index in [1.165, 1.54) is 23.9 Å². The van der Waals surface area contributed by atoms with Gasteiger partial charge in [0.2, 0.25) is 0 Å². The molecule has 146 valence electrons. The van der Waals surface area contributed by atoms with Gasteiger partial charge in [0.25, 0.3) is 0 Å². The highest BCUT2D eigenvalue weighted by molar-refractivity contribution is 7.99. The molecule has 0 aliphatic carbocycles. The molecule has 1 aliphatic rings. The number of aliphatic hydroxyl groups excluding tert-OH is 1. The van der Waals surface area contributed by atoms with Crippen molar-refractivity contribution in [1.29, 1.82) is 0 Å². The van der Waals surface area contributed by atoms with Crippen molar-refractivity contribution in [3.8, 4) is 0 Å². The Morgan fingerprint density at radius 1 is 1.04 bits per heavy atom. The number of nitrogens with zero attached hydrogens (tertiary/aromatic N) is 2. The van der Waals surface area contributed by atoms with E-state index >= 15 is 0 Å². The first kappa shape index (κ1) is 20.0. The van der Waals surface area contributed by atoms with Gasteiger partial charge in [-0.3, -0.25) is 0 Å². The van der Waals surface area contributed by atoms with Gasteiger partial charge in [0.05, 0.1) is 29.6 Å². The molecule has 0 amide bonds. The van der Waals surface area contributed by atoms with E-state index in [4.69, 9.17) is 0 Å². The topological polar surface area (TPSA) is 26.7 Å². The van der Waals surface area contributed by atoms with Gasteiger partial charge in [0.1, 0.15) is 0 Å². The van der Waals surface area contributed by atoms with Crippen LogP contribution in [-0.2, 0) is 6.18 Å². The number of hydrogen-bond donors (Lipinski definition) is 1. The summed E-state index contributed by atoms with van der Waals surface area (Å²) < 4.78 is 39.7. The van der Waals surface area contributed by atoms with Crippen molar-refractivity contribution < 1.29 is 18.3 Å². The van der Waals surface area contributed by atoms with Crippen molar-refractivity contribution in [3.63, 3.8) is 0 Å². The van der Waals surface area contributed by atoms with Crippen molar-refractivity contribution in [3.05, 3.63) is 48.0 Å². The van der Waals surface area contributed by atoms with Gasteiger partial charge in [-0.1, -0.05) is 37.7 Å². The highest BCUT2D eigenvalue weighted by Gasteiger charge is 2.33. The van der Waals surface area contributed by atoms with Crippen LogP contribution in [0.15, 0.2) is 52.3 Å². The molecule has 0 radical (unpaired) electrons. The van der Waals surface area contributed by atoms with E-state index in [1.54, 1.807) is 0 Å². The van der Waals surface area contributed by atoms with Crippen molar-refractivity contribution >= 4 is 23.1 Å². The van der Waals surface area contributed by atoms with Crippen LogP contribution in [0.25, 0.3) is 0 Å². The zero-order valence-corrected chi connectivity index (χ0v) is 16.1. The van der Waals surface area contributed by atoms with Crippen LogP contribution in [0, 0.1) is 0 Å². The van der Waals surface area contributed by atoms with Gasteiger partial charge < -0.3 is 14.9 Å². The number of benzene rings is 2. The number of rotatable bonds is 6. The van der Waals surface area contributed by atoms with Crippen LogP contribution >= 0.6 is 11.8 Å². The molecule has 3 nitrogen and oxygen atoms in total. The van der Waals surface area contributed by atoms with Crippen molar-refractivity contribution in [1.82, 2.24) is 4.90 Å². The molecule has 0 bridgehead atoms. The van der Waals surface area contributed by atoms with E-state index in [9.17, 15) is 18.3 Å². The van der Waals surface area contributed by atoms with Crippen molar-refractivity contribution in [2.24, 2.45) is 0 Å². The standard InChI is InChI=1S/C20H23F3N2OS/c1-3-24(4-2)12-15(26)13-25-16-7-5-6-8-18(16)27-19-10-9-14(11-17(19)25)20(21,22)23/h5-11,15,26H,3-4,12-13H2,1-2H3. The number of halogens is 3. The molecular formula is C20H23F3N2OS. The summed E-state index contributed by atoms with van der Waals surface area (Å²) in [6.45, 7) is 6.39. The van der Waals surface area contributed by atoms with E-state index in [1.807, 2.05) is 43.0 Å². The summed E-state index contributed by atoms with van der Waals surface area (Å²) >= 11 is 1.45. The summed E-state index contributed by atoms with van der Waals surface area (Å²) in [4.78, 5) is 5.64. The van der Waals surface area contributed by atoms with Crippen molar-refractivity contribution in [2.75, 3.05) is 31.1 Å². The zero-order chi connectivity index (χ0) is 19.6. The van der Waals surface area contributed by atoms with Gasteiger partial charge in [-0.05, 0) is 43.4 Å². The summed E-state index contributed by atoms with van der Waals surface area (Å²) in [5, 5.41) is 10.6. The zero-order valence-electron chi connectivity index (χ0n) is 15.3. The molecule has 0 fully saturated rings. The molecule has 0 aromatic heterocycles. The normalized spacial score (nSPS) is 14.9. The number of para-hydroxylation sites is 1. The number of alkyl halides is 3. The Morgan fingerprint density at radius 3 is 2.37 bits per heavy atom. The van der Waals surface area contributed by atoms with Crippen LogP contribution in [0.3, 0.4) is 0 Å². The number of fused-ring (bicyclic) bond motifs is 2. The van der Waals surface area contributed by atoms with E-state index < -0.39 is 17.8 Å². The molecule has 2 aromatic rings. The molecule has 1 N–H and O–H groups in total. The van der Waals surface area contributed by atoms with E-state index in [0.717, 1.165) is 34.6 Å². The van der Waals surface area contributed by atoms with Gasteiger partial charge >= 0.3 is 6.18 Å². The van der Waals surface area contributed by atoms with Gasteiger partial charge in [-0.2, -0.15) is 13.2 Å². The number of anilines is 2. The second-order valence-electron chi connectivity index (χ2n) is 6.50. The number of aliphatic hydroxyl groups is 1. The summed E-state index contributed by atoms with van der Waals surface area (Å²) in [5.74, 6) is 0. The average Bonchev–Trinajstić information content (AvgIpc) is 2.64. The lowest BCUT2D eigenvalue weighted by atomic mass is 10.1. The van der Waals surface area contributed by atoms with E-state index in [0.29, 0.717) is 12.2 Å². The van der Waals surface area contributed by atoms with Crippen LogP contribution in [0.5, 0.6) is 0 Å². The molecular weight excluding hydrogens is 373 g/mol. The maximum atomic E-state index is 13.2. The van der Waals surface area contributed by atoms with Crippen molar-refractivity contribution in [2.45, 2.75) is 35.9 Å². The van der Waals surface area contributed by atoms with Crippen LogP contribution < -0.4 is 4.90 Å². The summed E-state index contributed by atoms with van der Waals surface area (Å²) in [6, 6.07) is 11.4. The Kier molecular flexibility index (Phi) is 6.03. The fraction of sp³-hybridized carbons (Fsp3) is 0.400. The fourth-order valence-corrected chi connectivity index (χ4v) is 4.33. The summed E-state index contributed by atoms with van der Waals surface area (Å²) in [5.41, 5.74) is 0.643.